The third-order valence-electron chi connectivity index (χ3n) is 4.25. The maximum Gasteiger partial charge on any atom is 0.118 e. The molecule has 1 N–H and O–H groups in total. The molecular formula is C18H24N2O. The van der Waals surface area contributed by atoms with Gasteiger partial charge in [-0.15, -0.1) is 0 Å². The van der Waals surface area contributed by atoms with E-state index >= 15 is 0 Å². The van der Waals surface area contributed by atoms with Gasteiger partial charge in [0, 0.05) is 18.7 Å². The lowest BCUT2D eigenvalue weighted by molar-refractivity contribution is 0.259. The smallest absolute Gasteiger partial charge is 0.118 e. The van der Waals surface area contributed by atoms with E-state index in [0.717, 1.165) is 37.7 Å². The minimum absolute atomic E-state index is 0.795. The summed E-state index contributed by atoms with van der Waals surface area (Å²) in [5, 5.41) is 3.14. The lowest BCUT2D eigenvalue weighted by Crippen LogP contribution is -2.22. The summed E-state index contributed by atoms with van der Waals surface area (Å²) in [6.45, 7) is 6.04. The Bertz CT molecular complexity index is 603. The summed E-state index contributed by atoms with van der Waals surface area (Å²) < 4.78 is 5.81. The lowest BCUT2D eigenvalue weighted by Gasteiger charge is -2.20. The summed E-state index contributed by atoms with van der Waals surface area (Å²) in [6.07, 6.45) is 2.43. The van der Waals surface area contributed by atoms with Crippen LogP contribution >= 0.6 is 0 Å². The summed E-state index contributed by atoms with van der Waals surface area (Å²) in [5.74, 6) is 2.08. The van der Waals surface area contributed by atoms with Gasteiger partial charge in [-0.3, -0.25) is 4.90 Å². The van der Waals surface area contributed by atoms with Crippen LogP contribution in [-0.2, 0) is 26.1 Å². The van der Waals surface area contributed by atoms with Crippen LogP contribution in [0.15, 0.2) is 34.7 Å². The van der Waals surface area contributed by atoms with Gasteiger partial charge >= 0.3 is 0 Å². The zero-order chi connectivity index (χ0) is 14.7. The Morgan fingerprint density at radius 1 is 1.24 bits per heavy atom. The Kier molecular flexibility index (Phi) is 4.42. The van der Waals surface area contributed by atoms with E-state index in [9.17, 15) is 0 Å². The highest BCUT2D eigenvalue weighted by atomic mass is 16.3. The van der Waals surface area contributed by atoms with Crippen LogP contribution < -0.4 is 5.32 Å². The molecule has 0 fully saturated rings. The van der Waals surface area contributed by atoms with Gasteiger partial charge in [0.1, 0.15) is 11.5 Å². The van der Waals surface area contributed by atoms with Crippen LogP contribution in [0.4, 0.5) is 0 Å². The number of hydrogen-bond acceptors (Lipinski definition) is 3. The molecule has 1 aromatic carbocycles. The predicted octanol–water partition coefficient (Wildman–Crippen LogP) is 3.26. The van der Waals surface area contributed by atoms with Gasteiger partial charge in [0.05, 0.1) is 6.54 Å². The van der Waals surface area contributed by atoms with Crippen LogP contribution in [0.5, 0.6) is 0 Å². The molecule has 0 unspecified atom stereocenters. The second kappa shape index (κ2) is 6.46. The molecule has 0 atom stereocenters. The Balaban J connectivity index is 1.73. The van der Waals surface area contributed by atoms with E-state index in [4.69, 9.17) is 4.42 Å². The van der Waals surface area contributed by atoms with Crippen molar-refractivity contribution in [3.63, 3.8) is 0 Å². The maximum absolute atomic E-state index is 5.81. The molecule has 0 amide bonds. The van der Waals surface area contributed by atoms with Crippen molar-refractivity contribution in [1.29, 1.82) is 0 Å². The number of fused-ring (bicyclic) bond motifs is 1. The highest BCUT2D eigenvalue weighted by Crippen LogP contribution is 2.22. The number of benzene rings is 1. The second-order valence-electron chi connectivity index (χ2n) is 5.91. The van der Waals surface area contributed by atoms with Gasteiger partial charge in [0.2, 0.25) is 0 Å². The molecule has 0 saturated heterocycles. The molecule has 0 bridgehead atoms. The Morgan fingerprint density at radius 2 is 2.05 bits per heavy atom. The minimum Gasteiger partial charge on any atom is -0.465 e. The van der Waals surface area contributed by atoms with Crippen molar-refractivity contribution < 1.29 is 4.42 Å². The number of nitrogens with zero attached hydrogens (tertiary/aromatic N) is 1. The van der Waals surface area contributed by atoms with Gasteiger partial charge in [-0.2, -0.15) is 0 Å². The van der Waals surface area contributed by atoms with Crippen LogP contribution in [0.3, 0.4) is 0 Å². The fourth-order valence-electron chi connectivity index (χ4n) is 3.15. The molecule has 3 heteroatoms. The number of nitrogens with one attached hydrogen (secondary N) is 1. The van der Waals surface area contributed by atoms with Gasteiger partial charge in [-0.1, -0.05) is 24.3 Å². The molecule has 0 spiro atoms. The highest BCUT2D eigenvalue weighted by molar-refractivity contribution is 5.28. The van der Waals surface area contributed by atoms with Crippen LogP contribution in [0, 0.1) is 6.92 Å². The molecule has 0 aliphatic carbocycles. The molecule has 1 aliphatic heterocycles. The molecular weight excluding hydrogens is 260 g/mol. The van der Waals surface area contributed by atoms with Gasteiger partial charge in [0.15, 0.2) is 0 Å². The summed E-state index contributed by atoms with van der Waals surface area (Å²) in [7, 11) is 1.95. The monoisotopic (exact) mass is 284 g/mol. The Labute approximate surface area is 127 Å². The van der Waals surface area contributed by atoms with Gasteiger partial charge in [0.25, 0.3) is 0 Å². The largest absolute Gasteiger partial charge is 0.465 e. The van der Waals surface area contributed by atoms with E-state index in [2.05, 4.69) is 47.5 Å². The van der Waals surface area contributed by atoms with Crippen LogP contribution in [0.1, 0.15) is 34.6 Å². The van der Waals surface area contributed by atoms with E-state index < -0.39 is 0 Å². The van der Waals surface area contributed by atoms with E-state index in [0.29, 0.717) is 0 Å². The molecule has 2 aromatic rings. The van der Waals surface area contributed by atoms with Crippen LogP contribution in [0.2, 0.25) is 0 Å². The fourth-order valence-corrected chi connectivity index (χ4v) is 3.15. The summed E-state index contributed by atoms with van der Waals surface area (Å²) in [6, 6.07) is 11.0. The van der Waals surface area contributed by atoms with Crippen molar-refractivity contribution in [2.75, 3.05) is 13.6 Å². The third-order valence-corrected chi connectivity index (χ3v) is 4.25. The number of rotatable bonds is 4. The Hall–Kier alpha value is -1.58. The average molecular weight is 284 g/mol. The first-order valence-corrected chi connectivity index (χ1v) is 7.78. The van der Waals surface area contributed by atoms with Crippen molar-refractivity contribution >= 4 is 0 Å². The second-order valence-corrected chi connectivity index (χ2v) is 5.91. The highest BCUT2D eigenvalue weighted by Gasteiger charge is 2.16. The molecule has 1 aliphatic rings. The zero-order valence-electron chi connectivity index (χ0n) is 13.0. The van der Waals surface area contributed by atoms with Gasteiger partial charge < -0.3 is 9.73 Å². The van der Waals surface area contributed by atoms with E-state index in [-0.39, 0.29) is 0 Å². The number of aryl methyl sites for hydroxylation is 2. The summed E-state index contributed by atoms with van der Waals surface area (Å²) in [5.41, 5.74) is 4.31. The average Bonchev–Trinajstić information content (AvgIpc) is 2.70. The van der Waals surface area contributed by atoms with Gasteiger partial charge in [-0.05, 0) is 50.6 Å². The maximum atomic E-state index is 5.81. The SMILES string of the molecule is CNCc1cc(CN2CCCc3ccccc3C2)c(C)o1. The molecule has 21 heavy (non-hydrogen) atoms. The predicted molar refractivity (Wildman–Crippen MR) is 85.1 cm³/mol. The lowest BCUT2D eigenvalue weighted by atomic mass is 10.0. The molecule has 112 valence electrons. The van der Waals surface area contributed by atoms with Crippen molar-refractivity contribution in [2.45, 2.75) is 39.4 Å². The summed E-state index contributed by atoms with van der Waals surface area (Å²) >= 11 is 0. The molecule has 2 heterocycles. The standard InChI is InChI=1S/C18H24N2O/c1-14-17(10-18(21-14)11-19-2)13-20-9-5-8-15-6-3-4-7-16(15)12-20/h3-4,6-7,10,19H,5,8-9,11-13H2,1-2H3. The first-order chi connectivity index (χ1) is 10.3. The first-order valence-electron chi connectivity index (χ1n) is 7.78. The van der Waals surface area contributed by atoms with Crippen molar-refractivity contribution in [1.82, 2.24) is 10.2 Å². The minimum atomic E-state index is 0.795. The van der Waals surface area contributed by atoms with Crippen LogP contribution in [-0.4, -0.2) is 18.5 Å². The molecule has 1 aromatic heterocycles. The van der Waals surface area contributed by atoms with Crippen molar-refractivity contribution in [2.24, 2.45) is 0 Å². The fraction of sp³-hybridized carbons (Fsp3) is 0.444. The van der Waals surface area contributed by atoms with E-state index in [1.807, 2.05) is 7.05 Å². The van der Waals surface area contributed by atoms with Gasteiger partial charge in [-0.25, -0.2) is 0 Å². The quantitative estimate of drug-likeness (QED) is 0.934. The summed E-state index contributed by atoms with van der Waals surface area (Å²) in [4.78, 5) is 2.53. The Morgan fingerprint density at radius 3 is 2.86 bits per heavy atom. The first kappa shape index (κ1) is 14.4. The van der Waals surface area contributed by atoms with Crippen LogP contribution in [0.25, 0.3) is 0 Å². The van der Waals surface area contributed by atoms with Crippen molar-refractivity contribution in [3.05, 3.63) is 58.5 Å². The molecule has 3 rings (SSSR count). The third kappa shape index (κ3) is 3.36. The molecule has 0 saturated carbocycles. The van der Waals surface area contributed by atoms with E-state index in [1.165, 1.54) is 29.5 Å². The topological polar surface area (TPSA) is 28.4 Å². The molecule has 0 radical (unpaired) electrons. The number of hydrogen-bond donors (Lipinski definition) is 1. The normalized spacial score (nSPS) is 15.7. The van der Waals surface area contributed by atoms with E-state index in [1.54, 1.807) is 0 Å². The number of furan rings is 1. The molecule has 3 nitrogen and oxygen atoms in total. The van der Waals surface area contributed by atoms with Crippen molar-refractivity contribution in [3.8, 4) is 0 Å². The zero-order valence-corrected chi connectivity index (χ0v) is 13.0.